The molecular formula is C32H32I4. The Morgan fingerprint density at radius 1 is 0.278 bits per heavy atom. The fourth-order valence-corrected chi connectivity index (χ4v) is 8.96. The van der Waals surface area contributed by atoms with Crippen molar-refractivity contribution in [3.63, 3.8) is 0 Å². The van der Waals surface area contributed by atoms with E-state index in [9.17, 15) is 0 Å². The van der Waals surface area contributed by atoms with Crippen LogP contribution in [-0.4, -0.2) is 0 Å². The molecule has 0 unspecified atom stereocenters. The van der Waals surface area contributed by atoms with E-state index in [1.807, 2.05) is 0 Å². The van der Waals surface area contributed by atoms with Crippen LogP contribution in [0, 0.1) is 69.7 Å². The summed E-state index contributed by atoms with van der Waals surface area (Å²) in [5, 5.41) is 0. The maximum absolute atomic E-state index is 2.39. The van der Waals surface area contributed by atoms with Gasteiger partial charge in [-0.25, -0.2) is 0 Å². The van der Waals surface area contributed by atoms with Gasteiger partial charge in [-0.3, -0.25) is 0 Å². The summed E-state index contributed by atoms with van der Waals surface area (Å²) in [7, 11) is 0. The first-order valence-electron chi connectivity index (χ1n) is 11.9. The van der Waals surface area contributed by atoms with Crippen LogP contribution < -0.4 is 0 Å². The van der Waals surface area contributed by atoms with Crippen LogP contribution in [0.4, 0.5) is 0 Å². The zero-order chi connectivity index (χ0) is 26.9. The first kappa shape index (κ1) is 30.3. The second-order valence-electron chi connectivity index (χ2n) is 9.66. The minimum atomic E-state index is 1.31. The Labute approximate surface area is 272 Å². The van der Waals surface area contributed by atoms with E-state index >= 15 is 0 Å². The second kappa shape index (κ2) is 12.8. The van der Waals surface area contributed by atoms with Crippen molar-refractivity contribution in [2.45, 2.75) is 55.4 Å². The molecule has 0 saturated carbocycles. The predicted octanol–water partition coefficient (Wildman–Crippen LogP) is 11.6. The second-order valence-corrected chi connectivity index (χ2v) is 14.6. The summed E-state index contributed by atoms with van der Waals surface area (Å²) in [4.78, 5) is 0. The van der Waals surface area contributed by atoms with Crippen LogP contribution in [-0.2, 0) is 0 Å². The van der Waals surface area contributed by atoms with Crippen molar-refractivity contribution in [3.05, 3.63) is 107 Å². The van der Waals surface area contributed by atoms with Crippen LogP contribution >= 0.6 is 90.4 Å². The smallest absolute Gasteiger partial charge is 0.0136 e. The van der Waals surface area contributed by atoms with Crippen molar-refractivity contribution >= 4 is 90.4 Å². The van der Waals surface area contributed by atoms with Gasteiger partial charge < -0.3 is 0 Å². The lowest BCUT2D eigenvalue weighted by molar-refractivity contribution is 1.30. The molecule has 4 heteroatoms. The Kier molecular flexibility index (Phi) is 10.8. The van der Waals surface area contributed by atoms with E-state index in [2.05, 4.69) is 194 Å². The number of benzene rings is 4. The van der Waals surface area contributed by atoms with Crippen molar-refractivity contribution in [2.24, 2.45) is 0 Å². The largest absolute Gasteiger partial charge is 0.0453 e. The Morgan fingerprint density at radius 3 is 0.500 bits per heavy atom. The van der Waals surface area contributed by atoms with E-state index in [0.717, 1.165) is 0 Å². The van der Waals surface area contributed by atoms with Crippen molar-refractivity contribution in [1.82, 2.24) is 0 Å². The Hall–Kier alpha value is -0.200. The van der Waals surface area contributed by atoms with Crippen molar-refractivity contribution in [3.8, 4) is 22.3 Å². The fraction of sp³-hybridized carbons (Fsp3) is 0.250. The number of hydrogen-bond donors (Lipinski definition) is 0. The van der Waals surface area contributed by atoms with E-state index in [1.54, 1.807) is 0 Å². The molecule has 0 radical (unpaired) electrons. The van der Waals surface area contributed by atoms with Gasteiger partial charge in [0.05, 0.1) is 0 Å². The number of rotatable bonds is 2. The predicted molar refractivity (Wildman–Crippen MR) is 193 cm³/mol. The molecule has 0 bridgehead atoms. The van der Waals surface area contributed by atoms with Gasteiger partial charge in [-0.15, -0.1) is 0 Å². The molecule has 0 spiro atoms. The molecule has 0 amide bonds. The van der Waals surface area contributed by atoms with Crippen molar-refractivity contribution in [1.29, 1.82) is 0 Å². The summed E-state index contributed by atoms with van der Waals surface area (Å²) < 4.78 is 5.25. The first-order valence-corrected chi connectivity index (χ1v) is 16.2. The quantitative estimate of drug-likeness (QED) is 0.176. The van der Waals surface area contributed by atoms with Crippen LogP contribution in [0.2, 0.25) is 0 Å². The van der Waals surface area contributed by atoms with Crippen LogP contribution in [0.3, 0.4) is 0 Å². The Bertz CT molecular complexity index is 1130. The molecule has 188 valence electrons. The zero-order valence-electron chi connectivity index (χ0n) is 22.1. The molecule has 0 aliphatic heterocycles. The molecule has 0 aliphatic carbocycles. The summed E-state index contributed by atoms with van der Waals surface area (Å²) in [6.07, 6.45) is 0. The third-order valence-corrected chi connectivity index (χ3v) is 8.98. The first-order chi connectivity index (χ1) is 16.8. The molecule has 0 N–H and O–H groups in total. The third kappa shape index (κ3) is 7.05. The van der Waals surface area contributed by atoms with Gasteiger partial charge in [0.2, 0.25) is 0 Å². The average Bonchev–Trinajstić information content (AvgIpc) is 2.70. The SMILES string of the molecule is Cc1cc(I)cc(C)c1-c1c(C)cc(I)cc1C.Cc1cc(I)cc(C)c1-c1c(C)cc(I)cc1C. The molecule has 0 atom stereocenters. The van der Waals surface area contributed by atoms with E-state index in [-0.39, 0.29) is 0 Å². The van der Waals surface area contributed by atoms with Crippen LogP contribution in [0.15, 0.2) is 48.5 Å². The Balaban J connectivity index is 0.000000201. The van der Waals surface area contributed by atoms with E-state index in [4.69, 9.17) is 0 Å². The third-order valence-electron chi connectivity index (χ3n) is 6.49. The van der Waals surface area contributed by atoms with Gasteiger partial charge in [0.1, 0.15) is 0 Å². The monoisotopic (exact) mass is 924 g/mol. The van der Waals surface area contributed by atoms with Crippen LogP contribution in [0.5, 0.6) is 0 Å². The molecule has 0 aliphatic rings. The van der Waals surface area contributed by atoms with Gasteiger partial charge in [0.25, 0.3) is 0 Å². The van der Waals surface area contributed by atoms with E-state index in [1.165, 1.54) is 81.0 Å². The molecule has 0 fully saturated rings. The van der Waals surface area contributed by atoms with Crippen molar-refractivity contribution < 1.29 is 0 Å². The fourth-order valence-electron chi connectivity index (χ4n) is 5.22. The summed E-state index contributed by atoms with van der Waals surface area (Å²) in [5.74, 6) is 0. The Morgan fingerprint density at radius 2 is 0.389 bits per heavy atom. The van der Waals surface area contributed by atoms with Gasteiger partial charge in [0.15, 0.2) is 0 Å². The highest BCUT2D eigenvalue weighted by atomic mass is 127. The topological polar surface area (TPSA) is 0 Å². The lowest BCUT2D eigenvalue weighted by Gasteiger charge is -2.16. The highest BCUT2D eigenvalue weighted by Gasteiger charge is 2.14. The van der Waals surface area contributed by atoms with Crippen molar-refractivity contribution in [2.75, 3.05) is 0 Å². The van der Waals surface area contributed by atoms with Gasteiger partial charge in [-0.1, -0.05) is 0 Å². The molecule has 0 nitrogen and oxygen atoms in total. The van der Waals surface area contributed by atoms with Crippen LogP contribution in [0.25, 0.3) is 22.3 Å². The molecule has 0 saturated heterocycles. The molecule has 4 rings (SSSR count). The highest BCUT2D eigenvalue weighted by Crippen LogP contribution is 2.36. The van der Waals surface area contributed by atoms with Crippen LogP contribution in [0.1, 0.15) is 44.5 Å². The van der Waals surface area contributed by atoms with Gasteiger partial charge in [0, 0.05) is 14.3 Å². The average molecular weight is 924 g/mol. The molecular weight excluding hydrogens is 892 g/mol. The van der Waals surface area contributed by atoms with Gasteiger partial charge >= 0.3 is 0 Å². The lowest BCUT2D eigenvalue weighted by Crippen LogP contribution is -1.96. The maximum atomic E-state index is 2.39. The van der Waals surface area contributed by atoms with Gasteiger partial charge in [-0.05, 0) is 261 Å². The standard InChI is InChI=1S/2C16H16I2/c2*1-9-5-13(17)6-10(2)15(9)16-11(3)7-14(18)8-12(16)4/h2*5-8H,1-4H3. The normalized spacial score (nSPS) is 10.8. The minimum Gasteiger partial charge on any atom is -0.0453 e. The molecule has 0 heterocycles. The molecule has 4 aromatic carbocycles. The van der Waals surface area contributed by atoms with E-state index < -0.39 is 0 Å². The summed E-state index contributed by atoms with van der Waals surface area (Å²) in [5.41, 5.74) is 16.6. The number of hydrogen-bond acceptors (Lipinski definition) is 0. The summed E-state index contributed by atoms with van der Waals surface area (Å²) >= 11 is 9.55. The summed E-state index contributed by atoms with van der Waals surface area (Å²) in [6, 6.07) is 18.1. The highest BCUT2D eigenvalue weighted by molar-refractivity contribution is 14.1. The van der Waals surface area contributed by atoms with Gasteiger partial charge in [-0.2, -0.15) is 0 Å². The minimum absolute atomic E-state index is 1.31. The molecule has 4 aromatic rings. The number of aryl methyl sites for hydroxylation is 8. The molecule has 0 aromatic heterocycles. The lowest BCUT2D eigenvalue weighted by atomic mass is 9.90. The van der Waals surface area contributed by atoms with E-state index in [0.29, 0.717) is 0 Å². The maximum Gasteiger partial charge on any atom is 0.0136 e. The summed E-state index contributed by atoms with van der Waals surface area (Å²) in [6.45, 7) is 17.7. The number of halogens is 4. The molecule has 36 heavy (non-hydrogen) atoms. The zero-order valence-corrected chi connectivity index (χ0v) is 30.8.